The number of pyridine rings is 1. The molecule has 2 rings (SSSR count). The predicted molar refractivity (Wildman–Crippen MR) is 70.6 cm³/mol. The van der Waals surface area contributed by atoms with Crippen LogP contribution in [0.2, 0.25) is 0 Å². The van der Waals surface area contributed by atoms with Crippen LogP contribution in [0.1, 0.15) is 29.7 Å². The monoisotopic (exact) mass is 244 g/mol. The topological polar surface area (TPSA) is 24.9 Å². The number of benzene rings is 1. The normalized spacial score (nSPS) is 12.4. The Morgan fingerprint density at radius 2 is 2.11 bits per heavy atom. The highest BCUT2D eigenvalue weighted by molar-refractivity contribution is 5.22. The van der Waals surface area contributed by atoms with Gasteiger partial charge in [-0.25, -0.2) is 4.39 Å². The van der Waals surface area contributed by atoms with E-state index in [1.54, 1.807) is 6.20 Å². The molecule has 0 aliphatic heterocycles. The lowest BCUT2D eigenvalue weighted by Crippen LogP contribution is -2.18. The summed E-state index contributed by atoms with van der Waals surface area (Å²) < 4.78 is 13.1. The molecule has 1 atom stereocenters. The number of hydrogen-bond acceptors (Lipinski definition) is 2. The molecule has 1 unspecified atom stereocenters. The molecule has 0 amide bonds. The number of hydrogen-bond donors (Lipinski definition) is 1. The fourth-order valence-corrected chi connectivity index (χ4v) is 1.88. The molecule has 1 aromatic heterocycles. The van der Waals surface area contributed by atoms with Crippen LogP contribution in [-0.4, -0.2) is 4.98 Å². The predicted octanol–water partition coefficient (Wildman–Crippen LogP) is 3.38. The molecule has 0 bridgehead atoms. The lowest BCUT2D eigenvalue weighted by Gasteiger charge is -2.14. The van der Waals surface area contributed by atoms with Crippen molar-refractivity contribution in [1.29, 1.82) is 0 Å². The number of halogens is 1. The zero-order valence-electron chi connectivity index (χ0n) is 10.7. The zero-order chi connectivity index (χ0) is 13.0. The van der Waals surface area contributed by atoms with Crippen LogP contribution in [0, 0.1) is 12.7 Å². The third-order valence-electron chi connectivity index (χ3n) is 2.92. The van der Waals surface area contributed by atoms with Gasteiger partial charge in [0.2, 0.25) is 0 Å². The van der Waals surface area contributed by atoms with Crippen molar-refractivity contribution in [3.8, 4) is 0 Å². The zero-order valence-corrected chi connectivity index (χ0v) is 10.7. The van der Waals surface area contributed by atoms with Gasteiger partial charge >= 0.3 is 0 Å². The molecule has 18 heavy (non-hydrogen) atoms. The Labute approximate surface area is 107 Å². The summed E-state index contributed by atoms with van der Waals surface area (Å²) in [4.78, 5) is 3.86. The molecule has 0 aliphatic rings. The molecule has 3 heteroatoms. The maximum Gasteiger partial charge on any atom is 0.141 e. The SMILES string of the molecule is Cc1cccc(CNC(C)c2cncc(F)c2)c1. The van der Waals surface area contributed by atoms with Crippen molar-refractivity contribution in [1.82, 2.24) is 10.3 Å². The van der Waals surface area contributed by atoms with Crippen molar-refractivity contribution in [3.63, 3.8) is 0 Å². The molecule has 2 nitrogen and oxygen atoms in total. The van der Waals surface area contributed by atoms with E-state index >= 15 is 0 Å². The van der Waals surface area contributed by atoms with Crippen LogP contribution in [-0.2, 0) is 6.54 Å². The second kappa shape index (κ2) is 5.74. The highest BCUT2D eigenvalue weighted by Gasteiger charge is 2.06. The second-order valence-corrected chi connectivity index (χ2v) is 4.53. The molecule has 1 N–H and O–H groups in total. The molecule has 2 aromatic rings. The van der Waals surface area contributed by atoms with E-state index in [0.29, 0.717) is 0 Å². The number of nitrogens with zero attached hydrogens (tertiary/aromatic N) is 1. The number of aryl methyl sites for hydroxylation is 1. The minimum atomic E-state index is -0.295. The van der Waals surface area contributed by atoms with Crippen LogP contribution in [0.15, 0.2) is 42.7 Å². The van der Waals surface area contributed by atoms with Crippen LogP contribution in [0.4, 0.5) is 4.39 Å². The Hall–Kier alpha value is -1.74. The first-order valence-electron chi connectivity index (χ1n) is 6.04. The van der Waals surface area contributed by atoms with Crippen LogP contribution < -0.4 is 5.32 Å². The molecule has 0 spiro atoms. The van der Waals surface area contributed by atoms with Crippen LogP contribution >= 0.6 is 0 Å². The van der Waals surface area contributed by atoms with E-state index < -0.39 is 0 Å². The van der Waals surface area contributed by atoms with Gasteiger partial charge in [-0.05, 0) is 31.0 Å². The Morgan fingerprint density at radius 1 is 1.28 bits per heavy atom. The summed E-state index contributed by atoms with van der Waals surface area (Å²) in [5.74, 6) is -0.295. The van der Waals surface area contributed by atoms with Crippen LogP contribution in [0.5, 0.6) is 0 Å². The first-order valence-corrected chi connectivity index (χ1v) is 6.04. The van der Waals surface area contributed by atoms with Crippen molar-refractivity contribution in [3.05, 3.63) is 65.2 Å². The van der Waals surface area contributed by atoms with E-state index in [1.807, 2.05) is 13.0 Å². The number of rotatable bonds is 4. The molecule has 1 heterocycles. The quantitative estimate of drug-likeness (QED) is 0.891. The van der Waals surface area contributed by atoms with E-state index in [-0.39, 0.29) is 11.9 Å². The molecule has 0 radical (unpaired) electrons. The van der Waals surface area contributed by atoms with Gasteiger partial charge in [0.1, 0.15) is 5.82 Å². The fraction of sp³-hybridized carbons (Fsp3) is 0.267. The molecular formula is C15H17FN2. The Kier molecular flexibility index (Phi) is 4.05. The van der Waals surface area contributed by atoms with Gasteiger partial charge in [-0.3, -0.25) is 4.98 Å². The number of aromatic nitrogens is 1. The maximum atomic E-state index is 13.1. The summed E-state index contributed by atoms with van der Waals surface area (Å²) in [5.41, 5.74) is 3.34. The summed E-state index contributed by atoms with van der Waals surface area (Å²) in [7, 11) is 0. The molecular weight excluding hydrogens is 227 g/mol. The van der Waals surface area contributed by atoms with Crippen molar-refractivity contribution < 1.29 is 4.39 Å². The molecule has 0 fully saturated rings. The van der Waals surface area contributed by atoms with Crippen LogP contribution in [0.25, 0.3) is 0 Å². The minimum absolute atomic E-state index is 0.0775. The van der Waals surface area contributed by atoms with E-state index in [9.17, 15) is 4.39 Å². The average molecular weight is 244 g/mol. The summed E-state index contributed by atoms with van der Waals surface area (Å²) in [6, 6.07) is 9.93. The minimum Gasteiger partial charge on any atom is -0.306 e. The highest BCUT2D eigenvalue weighted by Crippen LogP contribution is 2.13. The molecule has 94 valence electrons. The second-order valence-electron chi connectivity index (χ2n) is 4.53. The van der Waals surface area contributed by atoms with E-state index in [1.165, 1.54) is 23.4 Å². The van der Waals surface area contributed by atoms with Gasteiger partial charge in [-0.1, -0.05) is 29.8 Å². The van der Waals surface area contributed by atoms with Gasteiger partial charge in [0, 0.05) is 18.8 Å². The van der Waals surface area contributed by atoms with Gasteiger partial charge in [-0.15, -0.1) is 0 Å². The summed E-state index contributed by atoms with van der Waals surface area (Å²) in [6.45, 7) is 4.84. The summed E-state index contributed by atoms with van der Waals surface area (Å²) in [5, 5.41) is 3.36. The average Bonchev–Trinajstić information content (AvgIpc) is 2.36. The number of nitrogens with one attached hydrogen (secondary N) is 1. The summed E-state index contributed by atoms with van der Waals surface area (Å²) in [6.07, 6.45) is 2.91. The van der Waals surface area contributed by atoms with Crippen LogP contribution in [0.3, 0.4) is 0 Å². The maximum absolute atomic E-state index is 13.1. The molecule has 0 saturated carbocycles. The van der Waals surface area contributed by atoms with Crippen molar-refractivity contribution in [2.45, 2.75) is 26.4 Å². The van der Waals surface area contributed by atoms with E-state index in [4.69, 9.17) is 0 Å². The molecule has 0 aliphatic carbocycles. The van der Waals surface area contributed by atoms with Gasteiger partial charge in [-0.2, -0.15) is 0 Å². The smallest absolute Gasteiger partial charge is 0.141 e. The van der Waals surface area contributed by atoms with E-state index in [2.05, 4.69) is 35.4 Å². The summed E-state index contributed by atoms with van der Waals surface area (Å²) >= 11 is 0. The van der Waals surface area contributed by atoms with Crippen molar-refractivity contribution >= 4 is 0 Å². The molecule has 1 aromatic carbocycles. The first kappa shape index (κ1) is 12.7. The van der Waals surface area contributed by atoms with Crippen molar-refractivity contribution in [2.24, 2.45) is 0 Å². The van der Waals surface area contributed by atoms with Gasteiger partial charge < -0.3 is 5.32 Å². The lowest BCUT2D eigenvalue weighted by atomic mass is 10.1. The molecule has 0 saturated heterocycles. The Balaban J connectivity index is 1.98. The Morgan fingerprint density at radius 3 is 2.83 bits per heavy atom. The standard InChI is InChI=1S/C15H17FN2/c1-11-4-3-5-13(6-11)8-18-12(2)14-7-15(16)10-17-9-14/h3-7,9-10,12,18H,8H2,1-2H3. The fourth-order valence-electron chi connectivity index (χ4n) is 1.88. The largest absolute Gasteiger partial charge is 0.306 e. The first-order chi connectivity index (χ1) is 8.65. The van der Waals surface area contributed by atoms with Gasteiger partial charge in [0.05, 0.1) is 6.20 Å². The third kappa shape index (κ3) is 3.37. The van der Waals surface area contributed by atoms with Gasteiger partial charge in [0.15, 0.2) is 0 Å². The van der Waals surface area contributed by atoms with Crippen molar-refractivity contribution in [2.75, 3.05) is 0 Å². The van der Waals surface area contributed by atoms with E-state index in [0.717, 1.165) is 12.1 Å². The van der Waals surface area contributed by atoms with Gasteiger partial charge in [0.25, 0.3) is 0 Å². The highest BCUT2D eigenvalue weighted by atomic mass is 19.1. The third-order valence-corrected chi connectivity index (χ3v) is 2.92. The lowest BCUT2D eigenvalue weighted by molar-refractivity contribution is 0.561. The Bertz CT molecular complexity index is 525.